The molecular formula is C30H32FN5S. The Bertz CT molecular complexity index is 1480. The van der Waals surface area contributed by atoms with E-state index in [-0.39, 0.29) is 12.2 Å². The predicted octanol–water partition coefficient (Wildman–Crippen LogP) is 7.81. The number of aromatic amines is 1. The Morgan fingerprint density at radius 2 is 2.03 bits per heavy atom. The van der Waals surface area contributed by atoms with Crippen LogP contribution >= 0.6 is 11.3 Å². The number of aryl methyl sites for hydroxylation is 2. The molecule has 0 amide bonds. The van der Waals surface area contributed by atoms with Crippen LogP contribution in [0.4, 0.5) is 15.8 Å². The third-order valence-corrected chi connectivity index (χ3v) is 7.06. The fourth-order valence-corrected chi connectivity index (χ4v) is 5.17. The summed E-state index contributed by atoms with van der Waals surface area (Å²) in [4.78, 5) is 14.8. The maximum atomic E-state index is 15.9. The van der Waals surface area contributed by atoms with Crippen molar-refractivity contribution < 1.29 is 4.39 Å². The minimum absolute atomic E-state index is 0.232. The molecule has 3 aromatic heterocycles. The van der Waals surface area contributed by atoms with Gasteiger partial charge in [0.25, 0.3) is 0 Å². The molecule has 0 saturated heterocycles. The van der Waals surface area contributed by atoms with Crippen molar-refractivity contribution in [1.82, 2.24) is 15.0 Å². The van der Waals surface area contributed by atoms with Gasteiger partial charge < -0.3 is 16.0 Å². The highest BCUT2D eigenvalue weighted by atomic mass is 32.1. The van der Waals surface area contributed by atoms with E-state index >= 15 is 4.39 Å². The van der Waals surface area contributed by atoms with Gasteiger partial charge in [0.05, 0.1) is 17.6 Å². The highest BCUT2D eigenvalue weighted by Crippen LogP contribution is 2.33. The summed E-state index contributed by atoms with van der Waals surface area (Å²) < 4.78 is 15.9. The minimum atomic E-state index is -0.377. The van der Waals surface area contributed by atoms with E-state index in [4.69, 9.17) is 10.7 Å². The van der Waals surface area contributed by atoms with E-state index in [1.807, 2.05) is 19.1 Å². The Morgan fingerprint density at radius 1 is 1.22 bits per heavy atom. The number of nitrogens with one attached hydrogen (secondary N) is 2. The maximum absolute atomic E-state index is 15.9. The van der Waals surface area contributed by atoms with Crippen LogP contribution in [-0.4, -0.2) is 15.0 Å². The summed E-state index contributed by atoms with van der Waals surface area (Å²) >= 11 is 1.70. The molecule has 37 heavy (non-hydrogen) atoms. The molecule has 1 aromatic carbocycles. The first-order valence-corrected chi connectivity index (χ1v) is 13.0. The monoisotopic (exact) mass is 513 g/mol. The number of hydrogen-bond donors (Lipinski definition) is 3. The third-order valence-electron chi connectivity index (χ3n) is 6.03. The second kappa shape index (κ2) is 11.4. The molecule has 0 saturated carbocycles. The van der Waals surface area contributed by atoms with Crippen molar-refractivity contribution in [2.45, 2.75) is 40.0 Å². The first kappa shape index (κ1) is 26.1. The predicted molar refractivity (Wildman–Crippen MR) is 154 cm³/mol. The van der Waals surface area contributed by atoms with E-state index in [1.54, 1.807) is 41.9 Å². The Kier molecular flexibility index (Phi) is 8.04. The molecule has 0 unspecified atom stereocenters. The van der Waals surface area contributed by atoms with Crippen molar-refractivity contribution >= 4 is 28.3 Å². The van der Waals surface area contributed by atoms with Crippen molar-refractivity contribution in [3.8, 4) is 11.1 Å². The van der Waals surface area contributed by atoms with Gasteiger partial charge in [0.2, 0.25) is 0 Å². The van der Waals surface area contributed by atoms with Gasteiger partial charge >= 0.3 is 0 Å². The SMILES string of the molecule is C=C/C=C(/c1ccc(C)s1)c1nc(Cc2c(N)ccc(-c3cncc(NC(=C)CCC)c3)c2F)[nH]c1C. The molecule has 0 fully saturated rings. The van der Waals surface area contributed by atoms with Gasteiger partial charge in [-0.3, -0.25) is 4.98 Å². The normalized spacial score (nSPS) is 11.5. The van der Waals surface area contributed by atoms with E-state index in [0.717, 1.165) is 46.1 Å². The van der Waals surface area contributed by atoms with Crippen LogP contribution in [0, 0.1) is 19.7 Å². The minimum Gasteiger partial charge on any atom is -0.398 e. The van der Waals surface area contributed by atoms with E-state index in [1.165, 1.54) is 4.88 Å². The average Bonchev–Trinajstić information content (AvgIpc) is 3.45. The first-order valence-electron chi connectivity index (χ1n) is 12.2. The van der Waals surface area contributed by atoms with Crippen LogP contribution in [0.15, 0.2) is 73.7 Å². The van der Waals surface area contributed by atoms with Crippen molar-refractivity contribution in [1.29, 1.82) is 0 Å². The number of thiophene rings is 1. The van der Waals surface area contributed by atoms with E-state index in [0.29, 0.717) is 28.2 Å². The zero-order valence-electron chi connectivity index (χ0n) is 21.5. The average molecular weight is 514 g/mol. The van der Waals surface area contributed by atoms with Gasteiger partial charge in [-0.05, 0) is 50.6 Å². The van der Waals surface area contributed by atoms with Crippen LogP contribution in [0.5, 0.6) is 0 Å². The summed E-state index contributed by atoms with van der Waals surface area (Å²) in [6.45, 7) is 14.0. The van der Waals surface area contributed by atoms with Crippen LogP contribution in [-0.2, 0) is 6.42 Å². The second-order valence-corrected chi connectivity index (χ2v) is 10.3. The van der Waals surface area contributed by atoms with Gasteiger partial charge in [0.1, 0.15) is 11.6 Å². The molecule has 0 aliphatic heterocycles. The molecule has 4 N–H and O–H groups in total. The lowest BCUT2D eigenvalue weighted by Crippen LogP contribution is -2.03. The number of pyridine rings is 1. The van der Waals surface area contributed by atoms with E-state index in [2.05, 4.69) is 54.4 Å². The molecule has 0 aliphatic carbocycles. The molecule has 0 radical (unpaired) electrons. The summed E-state index contributed by atoms with van der Waals surface area (Å²) in [5.41, 5.74) is 12.5. The fraction of sp³-hybridized carbons (Fsp3) is 0.200. The molecule has 4 aromatic rings. The molecule has 3 heterocycles. The van der Waals surface area contributed by atoms with Crippen LogP contribution in [0.1, 0.15) is 52.3 Å². The lowest BCUT2D eigenvalue weighted by molar-refractivity contribution is 0.617. The summed E-state index contributed by atoms with van der Waals surface area (Å²) in [7, 11) is 0. The molecular weight excluding hydrogens is 481 g/mol. The molecule has 5 nitrogen and oxygen atoms in total. The Balaban J connectivity index is 1.66. The number of allylic oxidation sites excluding steroid dienone is 3. The smallest absolute Gasteiger partial charge is 0.136 e. The Labute approximate surface area is 221 Å². The van der Waals surface area contributed by atoms with Gasteiger partial charge in [-0.2, -0.15) is 0 Å². The number of anilines is 2. The number of halogens is 1. The largest absolute Gasteiger partial charge is 0.398 e. The number of benzene rings is 1. The van der Waals surface area contributed by atoms with E-state index in [9.17, 15) is 0 Å². The third kappa shape index (κ3) is 5.89. The second-order valence-electron chi connectivity index (χ2n) is 9.00. The first-order chi connectivity index (χ1) is 17.8. The number of H-pyrrole nitrogens is 1. The Hall–Kier alpha value is -3.97. The number of imidazole rings is 1. The molecule has 0 atom stereocenters. The van der Waals surface area contributed by atoms with Crippen molar-refractivity contribution in [2.75, 3.05) is 11.1 Å². The van der Waals surface area contributed by atoms with Gasteiger partial charge in [-0.15, -0.1) is 11.3 Å². The quantitative estimate of drug-likeness (QED) is 0.149. The molecule has 0 bridgehead atoms. The number of nitrogens with two attached hydrogens (primary N) is 1. The zero-order valence-corrected chi connectivity index (χ0v) is 22.3. The molecule has 190 valence electrons. The van der Waals surface area contributed by atoms with E-state index < -0.39 is 0 Å². The number of aromatic nitrogens is 3. The summed E-state index contributed by atoms with van der Waals surface area (Å²) in [5.74, 6) is 0.264. The summed E-state index contributed by atoms with van der Waals surface area (Å²) in [6, 6.07) is 9.47. The van der Waals surface area contributed by atoms with Crippen LogP contribution in [0.3, 0.4) is 0 Å². The highest BCUT2D eigenvalue weighted by molar-refractivity contribution is 7.13. The Morgan fingerprint density at radius 3 is 2.73 bits per heavy atom. The van der Waals surface area contributed by atoms with Crippen LogP contribution < -0.4 is 11.1 Å². The van der Waals surface area contributed by atoms with Gasteiger partial charge in [-0.25, -0.2) is 9.37 Å². The lowest BCUT2D eigenvalue weighted by atomic mass is 9.99. The summed E-state index contributed by atoms with van der Waals surface area (Å²) in [5, 5.41) is 3.25. The molecule has 0 spiro atoms. The van der Waals surface area contributed by atoms with Gasteiger partial charge in [0.15, 0.2) is 0 Å². The lowest BCUT2D eigenvalue weighted by Gasteiger charge is -2.13. The number of nitrogen functional groups attached to an aromatic ring is 1. The fourth-order valence-electron chi connectivity index (χ4n) is 4.27. The standard InChI is InChI=1S/C30H32FN5S/c1-6-8-18(3)34-22-14-21(16-33-17-22)23-11-12-26(32)25(29(23)31)15-28-35-20(5)30(36-28)24(9-7-2)27-13-10-19(4)37-27/h7,9-14,16-17,34H,2-3,6,8,15,32H2,1,4-5H3,(H,35,36)/b24-9-. The highest BCUT2D eigenvalue weighted by Gasteiger charge is 2.19. The van der Waals surface area contributed by atoms with Crippen LogP contribution in [0.2, 0.25) is 0 Å². The van der Waals surface area contributed by atoms with Crippen LogP contribution in [0.25, 0.3) is 16.7 Å². The van der Waals surface area contributed by atoms with Crippen molar-refractivity contribution in [3.63, 3.8) is 0 Å². The van der Waals surface area contributed by atoms with Crippen molar-refractivity contribution in [2.24, 2.45) is 0 Å². The van der Waals surface area contributed by atoms with Crippen molar-refractivity contribution in [3.05, 3.63) is 112 Å². The molecule has 7 heteroatoms. The van der Waals surface area contributed by atoms with Gasteiger partial charge in [0, 0.05) is 61.7 Å². The zero-order chi connectivity index (χ0) is 26.5. The maximum Gasteiger partial charge on any atom is 0.136 e. The number of hydrogen-bond acceptors (Lipinski definition) is 5. The topological polar surface area (TPSA) is 79.6 Å². The molecule has 4 rings (SSSR count). The van der Waals surface area contributed by atoms with Gasteiger partial charge in [-0.1, -0.05) is 38.7 Å². The molecule has 0 aliphatic rings. The summed E-state index contributed by atoms with van der Waals surface area (Å²) in [6.07, 6.45) is 9.14. The number of nitrogens with zero attached hydrogens (tertiary/aromatic N) is 2. The number of rotatable bonds is 10.